The number of terminal acetylenes is 1. The summed E-state index contributed by atoms with van der Waals surface area (Å²) in [6, 6.07) is 0. The van der Waals surface area contributed by atoms with Gasteiger partial charge in [-0.2, -0.15) is 0 Å². The summed E-state index contributed by atoms with van der Waals surface area (Å²) < 4.78 is 10.5. The Kier molecular flexibility index (Phi) is 4.67. The predicted octanol–water partition coefficient (Wildman–Crippen LogP) is 2.68. The van der Waals surface area contributed by atoms with Crippen molar-refractivity contribution >= 4 is 23.5 Å². The fraction of sp³-hybridized carbons (Fsp3) is 0.529. The second-order valence-electron chi connectivity index (χ2n) is 6.20. The monoisotopic (exact) mass is 322 g/mol. The standard InChI is InChI=1S/C17H19ClO4/c1-5-17(3,4)22-16(20)14-12-7-6-11(8-12)13(14)15(19)21-9-10(2)18/h1,6-7,11-14H,2,8-9H2,3-4H3. The Morgan fingerprint density at radius 1 is 1.32 bits per heavy atom. The van der Waals surface area contributed by atoms with Crippen molar-refractivity contribution in [1.82, 2.24) is 0 Å². The third-order valence-corrected chi connectivity index (χ3v) is 4.19. The van der Waals surface area contributed by atoms with Gasteiger partial charge in [0.15, 0.2) is 5.60 Å². The topological polar surface area (TPSA) is 52.6 Å². The average molecular weight is 323 g/mol. The van der Waals surface area contributed by atoms with Crippen LogP contribution in [0.1, 0.15) is 20.3 Å². The highest BCUT2D eigenvalue weighted by Crippen LogP contribution is 2.49. The normalized spacial score (nSPS) is 29.0. The van der Waals surface area contributed by atoms with Crippen LogP contribution in [0.3, 0.4) is 0 Å². The van der Waals surface area contributed by atoms with E-state index in [1.165, 1.54) is 0 Å². The first-order valence-corrected chi connectivity index (χ1v) is 7.52. The molecule has 1 fully saturated rings. The number of carbonyl (C=O) groups excluding carboxylic acids is 2. The lowest BCUT2D eigenvalue weighted by Gasteiger charge is -2.28. The fourth-order valence-corrected chi connectivity index (χ4v) is 3.11. The molecule has 0 amide bonds. The Bertz CT molecular complexity index is 570. The van der Waals surface area contributed by atoms with Gasteiger partial charge < -0.3 is 9.47 Å². The van der Waals surface area contributed by atoms with Crippen LogP contribution in [-0.4, -0.2) is 24.1 Å². The first kappa shape index (κ1) is 16.6. The molecule has 2 aliphatic rings. The van der Waals surface area contributed by atoms with Crippen molar-refractivity contribution in [3.8, 4) is 12.3 Å². The maximum absolute atomic E-state index is 12.5. The molecule has 0 aromatic heterocycles. The summed E-state index contributed by atoms with van der Waals surface area (Å²) >= 11 is 5.61. The molecular formula is C17H19ClO4. The van der Waals surface area contributed by atoms with Crippen LogP contribution in [0.15, 0.2) is 23.8 Å². The number of hydrogen-bond donors (Lipinski definition) is 0. The molecule has 0 aromatic rings. The van der Waals surface area contributed by atoms with Gasteiger partial charge in [-0.1, -0.05) is 36.3 Å². The van der Waals surface area contributed by atoms with Crippen molar-refractivity contribution < 1.29 is 19.1 Å². The van der Waals surface area contributed by atoms with Crippen LogP contribution in [0.4, 0.5) is 0 Å². The Hall–Kier alpha value is -1.73. The van der Waals surface area contributed by atoms with Gasteiger partial charge in [0.1, 0.15) is 6.61 Å². The largest absolute Gasteiger partial charge is 0.460 e. The van der Waals surface area contributed by atoms with E-state index in [1.54, 1.807) is 13.8 Å². The third kappa shape index (κ3) is 3.36. The molecule has 22 heavy (non-hydrogen) atoms. The third-order valence-electron chi connectivity index (χ3n) is 4.08. The van der Waals surface area contributed by atoms with Crippen molar-refractivity contribution in [1.29, 1.82) is 0 Å². The summed E-state index contributed by atoms with van der Waals surface area (Å²) in [5.74, 6) is 0.396. The molecule has 4 unspecified atom stereocenters. The second-order valence-corrected chi connectivity index (χ2v) is 6.74. The molecule has 118 valence electrons. The molecule has 0 spiro atoms. The minimum atomic E-state index is -0.999. The van der Waals surface area contributed by atoms with Gasteiger partial charge in [0.25, 0.3) is 0 Å². The number of rotatable bonds is 5. The van der Waals surface area contributed by atoms with E-state index in [0.29, 0.717) is 0 Å². The Labute approximate surface area is 135 Å². The highest BCUT2D eigenvalue weighted by Gasteiger charge is 2.53. The van der Waals surface area contributed by atoms with Crippen molar-refractivity contribution in [2.45, 2.75) is 25.9 Å². The van der Waals surface area contributed by atoms with Crippen molar-refractivity contribution in [3.05, 3.63) is 23.8 Å². The van der Waals surface area contributed by atoms with E-state index in [1.807, 2.05) is 12.2 Å². The van der Waals surface area contributed by atoms with Crippen LogP contribution < -0.4 is 0 Å². The van der Waals surface area contributed by atoms with Gasteiger partial charge in [-0.3, -0.25) is 9.59 Å². The number of hydrogen-bond acceptors (Lipinski definition) is 4. The minimum Gasteiger partial charge on any atom is -0.460 e. The lowest BCUT2D eigenvalue weighted by molar-refractivity contribution is -0.166. The summed E-state index contributed by atoms with van der Waals surface area (Å²) in [5, 5.41) is 0.236. The lowest BCUT2D eigenvalue weighted by Crippen LogP contribution is -2.39. The van der Waals surface area contributed by atoms with Gasteiger partial charge in [0, 0.05) is 5.03 Å². The molecule has 5 heteroatoms. The zero-order valence-electron chi connectivity index (χ0n) is 12.7. The molecule has 0 saturated heterocycles. The summed E-state index contributed by atoms with van der Waals surface area (Å²) in [6.07, 6.45) is 10.0. The van der Waals surface area contributed by atoms with E-state index in [9.17, 15) is 9.59 Å². The molecule has 1 saturated carbocycles. The van der Waals surface area contributed by atoms with Crippen molar-refractivity contribution in [3.63, 3.8) is 0 Å². The van der Waals surface area contributed by atoms with Crippen LogP contribution in [-0.2, 0) is 19.1 Å². The second kappa shape index (κ2) is 6.18. The molecule has 4 atom stereocenters. The van der Waals surface area contributed by atoms with Crippen LogP contribution in [0.2, 0.25) is 0 Å². The number of allylic oxidation sites excluding steroid dienone is 2. The summed E-state index contributed by atoms with van der Waals surface area (Å²) in [4.78, 5) is 24.7. The Morgan fingerprint density at radius 2 is 1.86 bits per heavy atom. The first-order valence-electron chi connectivity index (χ1n) is 7.14. The number of esters is 2. The summed E-state index contributed by atoms with van der Waals surface area (Å²) in [6.45, 7) is 6.69. The van der Waals surface area contributed by atoms with Crippen LogP contribution in [0.5, 0.6) is 0 Å². The van der Waals surface area contributed by atoms with Gasteiger partial charge in [-0.05, 0) is 32.1 Å². The number of halogens is 1. The van der Waals surface area contributed by atoms with Gasteiger partial charge in [0.2, 0.25) is 0 Å². The van der Waals surface area contributed by atoms with Gasteiger partial charge >= 0.3 is 11.9 Å². The SMILES string of the molecule is C#CC(C)(C)OC(=O)C1C2C=CC(C2)C1C(=O)OCC(=C)Cl. The quantitative estimate of drug-likeness (QED) is 0.443. The molecule has 2 bridgehead atoms. The average Bonchev–Trinajstić information content (AvgIpc) is 3.04. The minimum absolute atomic E-state index is 0.00686. The maximum atomic E-state index is 12.5. The summed E-state index contributed by atoms with van der Waals surface area (Å²) in [7, 11) is 0. The number of fused-ring (bicyclic) bond motifs is 2. The van der Waals surface area contributed by atoms with E-state index in [4.69, 9.17) is 27.5 Å². The Balaban J connectivity index is 2.13. The van der Waals surface area contributed by atoms with E-state index in [-0.39, 0.29) is 23.5 Å². The van der Waals surface area contributed by atoms with Crippen LogP contribution in [0, 0.1) is 36.0 Å². The highest BCUT2D eigenvalue weighted by atomic mass is 35.5. The Morgan fingerprint density at radius 3 is 2.36 bits per heavy atom. The smallest absolute Gasteiger partial charge is 0.311 e. The number of ether oxygens (including phenoxy) is 2. The fourth-order valence-electron chi connectivity index (χ4n) is 3.06. The van der Waals surface area contributed by atoms with Gasteiger partial charge in [0.05, 0.1) is 11.8 Å². The molecule has 0 N–H and O–H groups in total. The molecule has 0 heterocycles. The predicted molar refractivity (Wildman–Crippen MR) is 82.7 cm³/mol. The van der Waals surface area contributed by atoms with Crippen molar-refractivity contribution in [2.24, 2.45) is 23.7 Å². The number of carbonyl (C=O) groups is 2. The van der Waals surface area contributed by atoms with Crippen molar-refractivity contribution in [2.75, 3.05) is 6.61 Å². The molecule has 0 aromatic carbocycles. The van der Waals surface area contributed by atoms with E-state index in [2.05, 4.69) is 12.5 Å². The van der Waals surface area contributed by atoms with Crippen LogP contribution in [0.25, 0.3) is 0 Å². The zero-order chi connectivity index (χ0) is 16.5. The molecule has 4 nitrogen and oxygen atoms in total. The van der Waals surface area contributed by atoms with Gasteiger partial charge in [-0.25, -0.2) is 0 Å². The molecule has 0 aliphatic heterocycles. The van der Waals surface area contributed by atoms with E-state index < -0.39 is 29.4 Å². The maximum Gasteiger partial charge on any atom is 0.311 e. The highest BCUT2D eigenvalue weighted by molar-refractivity contribution is 6.29. The van der Waals surface area contributed by atoms with Gasteiger partial charge in [-0.15, -0.1) is 6.42 Å². The molecule has 2 rings (SSSR count). The molecule has 2 aliphatic carbocycles. The van der Waals surface area contributed by atoms with E-state index >= 15 is 0 Å². The molecule has 0 radical (unpaired) electrons. The zero-order valence-corrected chi connectivity index (χ0v) is 13.4. The molecular weight excluding hydrogens is 304 g/mol. The first-order chi connectivity index (χ1) is 10.2. The summed E-state index contributed by atoms with van der Waals surface area (Å²) in [5.41, 5.74) is -0.999. The van der Waals surface area contributed by atoms with Crippen LogP contribution >= 0.6 is 11.6 Å². The lowest BCUT2D eigenvalue weighted by atomic mass is 9.83. The van der Waals surface area contributed by atoms with E-state index in [0.717, 1.165) is 6.42 Å².